The van der Waals surface area contributed by atoms with Gasteiger partial charge in [-0.15, -0.1) is 0 Å². The average molecular weight is 266 g/mol. The molecular weight excluding hydrogens is 244 g/mol. The maximum Gasteiger partial charge on any atom is 0.226 e. The van der Waals surface area contributed by atoms with Gasteiger partial charge in [0.1, 0.15) is 5.76 Å². The molecule has 1 aromatic rings. The lowest BCUT2D eigenvalue weighted by atomic mass is 10.0. The van der Waals surface area contributed by atoms with Crippen LogP contribution in [0.5, 0.6) is 0 Å². The fraction of sp³-hybridized carbons (Fsp3) is 0.692. The number of nitrogens with one attached hydrogen (secondary N) is 1. The summed E-state index contributed by atoms with van der Waals surface area (Å²) in [5.41, 5.74) is 5.76. The lowest BCUT2D eigenvalue weighted by Gasteiger charge is -2.34. The molecule has 1 saturated heterocycles. The molecule has 0 saturated carbocycles. The average Bonchev–Trinajstić information content (AvgIpc) is 2.82. The Bertz CT molecular complexity index is 419. The number of carbonyl (C=O) groups is 1. The van der Waals surface area contributed by atoms with Gasteiger partial charge in [0, 0.05) is 31.6 Å². The Balaban J connectivity index is 1.76. The third kappa shape index (κ3) is 4.04. The number of piperidine rings is 1. The van der Waals surface area contributed by atoms with Crippen molar-refractivity contribution in [2.24, 2.45) is 5.73 Å². The van der Waals surface area contributed by atoms with E-state index < -0.39 is 0 Å². The molecule has 1 aromatic heterocycles. The van der Waals surface area contributed by atoms with Gasteiger partial charge < -0.3 is 15.6 Å². The van der Waals surface area contributed by atoms with E-state index >= 15 is 0 Å². The van der Waals surface area contributed by atoms with Gasteiger partial charge >= 0.3 is 0 Å². The Hall–Kier alpha value is -1.40. The van der Waals surface area contributed by atoms with Gasteiger partial charge in [-0.3, -0.25) is 9.69 Å². The number of hydrogen-bond donors (Lipinski definition) is 2. The van der Waals surface area contributed by atoms with Crippen LogP contribution in [0.3, 0.4) is 0 Å². The Morgan fingerprint density at radius 1 is 1.63 bits per heavy atom. The molecule has 0 aliphatic carbocycles. The highest BCUT2D eigenvalue weighted by Crippen LogP contribution is 2.16. The molecule has 6 nitrogen and oxygen atoms in total. The molecule has 1 unspecified atom stereocenters. The predicted octanol–water partition coefficient (Wildman–Crippen LogP) is 1.12. The summed E-state index contributed by atoms with van der Waals surface area (Å²) in [6.45, 7) is 4.26. The number of aromatic nitrogens is 1. The van der Waals surface area contributed by atoms with E-state index in [2.05, 4.69) is 15.4 Å². The van der Waals surface area contributed by atoms with Crippen molar-refractivity contribution in [2.45, 2.75) is 38.6 Å². The Morgan fingerprint density at radius 2 is 2.47 bits per heavy atom. The first-order chi connectivity index (χ1) is 9.19. The summed E-state index contributed by atoms with van der Waals surface area (Å²) in [6, 6.07) is 2.14. The van der Waals surface area contributed by atoms with Gasteiger partial charge in [-0.25, -0.2) is 0 Å². The summed E-state index contributed by atoms with van der Waals surface area (Å²) in [4.78, 5) is 14.1. The van der Waals surface area contributed by atoms with E-state index in [0.717, 1.165) is 19.5 Å². The number of nitrogens with two attached hydrogens (primary N) is 1. The molecule has 1 aliphatic heterocycles. The molecule has 106 valence electrons. The van der Waals surface area contributed by atoms with E-state index in [4.69, 9.17) is 10.3 Å². The minimum atomic E-state index is -0.0327. The molecule has 1 aliphatic rings. The van der Waals surface area contributed by atoms with Crippen LogP contribution >= 0.6 is 0 Å². The molecule has 1 fully saturated rings. The Labute approximate surface area is 113 Å². The Morgan fingerprint density at radius 3 is 3.16 bits per heavy atom. The van der Waals surface area contributed by atoms with Gasteiger partial charge in [-0.1, -0.05) is 11.6 Å². The number of likely N-dealkylation sites (tertiary alicyclic amines) is 1. The smallest absolute Gasteiger partial charge is 0.226 e. The van der Waals surface area contributed by atoms with E-state index in [1.54, 1.807) is 13.0 Å². The van der Waals surface area contributed by atoms with Gasteiger partial charge in [-0.2, -0.15) is 0 Å². The van der Waals surface area contributed by atoms with Gasteiger partial charge in [0.25, 0.3) is 0 Å². The molecule has 19 heavy (non-hydrogen) atoms. The van der Waals surface area contributed by atoms with Crippen molar-refractivity contribution >= 4 is 11.7 Å². The predicted molar refractivity (Wildman–Crippen MR) is 72.8 cm³/mol. The summed E-state index contributed by atoms with van der Waals surface area (Å²) in [6.07, 6.45) is 4.03. The zero-order chi connectivity index (χ0) is 13.7. The number of amides is 1. The van der Waals surface area contributed by atoms with Crippen molar-refractivity contribution in [1.82, 2.24) is 10.1 Å². The molecule has 0 spiro atoms. The second kappa shape index (κ2) is 6.68. The quantitative estimate of drug-likeness (QED) is 0.834. The largest absolute Gasteiger partial charge is 0.360 e. The number of carbonyl (C=O) groups excluding carboxylic acids is 1. The molecular formula is C13H22N4O2. The van der Waals surface area contributed by atoms with Gasteiger partial charge in [0.05, 0.1) is 0 Å². The van der Waals surface area contributed by atoms with Crippen LogP contribution in [0.4, 0.5) is 5.82 Å². The topological polar surface area (TPSA) is 84.4 Å². The molecule has 0 bridgehead atoms. The third-order valence-electron chi connectivity index (χ3n) is 3.54. The van der Waals surface area contributed by atoms with Crippen molar-refractivity contribution in [1.29, 1.82) is 0 Å². The molecule has 1 atom stereocenters. The fourth-order valence-corrected chi connectivity index (χ4v) is 2.50. The van der Waals surface area contributed by atoms with Crippen LogP contribution in [0.25, 0.3) is 0 Å². The molecule has 0 radical (unpaired) electrons. The monoisotopic (exact) mass is 266 g/mol. The summed E-state index contributed by atoms with van der Waals surface area (Å²) in [7, 11) is 0. The van der Waals surface area contributed by atoms with Crippen molar-refractivity contribution < 1.29 is 9.32 Å². The highest BCUT2D eigenvalue weighted by Gasteiger charge is 2.21. The van der Waals surface area contributed by atoms with E-state index in [-0.39, 0.29) is 5.91 Å². The number of anilines is 1. The maximum absolute atomic E-state index is 11.8. The number of hydrogen-bond acceptors (Lipinski definition) is 5. The highest BCUT2D eigenvalue weighted by molar-refractivity contribution is 5.89. The van der Waals surface area contributed by atoms with E-state index in [1.807, 2.05) is 0 Å². The third-order valence-corrected chi connectivity index (χ3v) is 3.54. The minimum Gasteiger partial charge on any atom is -0.360 e. The van der Waals surface area contributed by atoms with E-state index in [9.17, 15) is 4.79 Å². The Kier molecular flexibility index (Phi) is 4.93. The first-order valence-corrected chi connectivity index (χ1v) is 6.86. The van der Waals surface area contributed by atoms with Crippen LogP contribution in [-0.2, 0) is 4.79 Å². The van der Waals surface area contributed by atoms with Crippen molar-refractivity contribution in [3.8, 4) is 0 Å². The maximum atomic E-state index is 11.8. The van der Waals surface area contributed by atoms with E-state index in [1.165, 1.54) is 12.8 Å². The molecule has 2 heterocycles. The van der Waals surface area contributed by atoms with Crippen LogP contribution in [0, 0.1) is 6.92 Å². The number of nitrogens with zero attached hydrogens (tertiary/aromatic N) is 2. The van der Waals surface area contributed by atoms with Crippen molar-refractivity contribution in [3.63, 3.8) is 0 Å². The normalized spacial score (nSPS) is 20.4. The molecule has 3 N–H and O–H groups in total. The second-order valence-corrected chi connectivity index (χ2v) is 5.04. The van der Waals surface area contributed by atoms with Crippen LogP contribution in [-0.4, -0.2) is 41.6 Å². The standard InChI is InChI=1S/C13H22N4O2/c1-10-8-12(16-19-10)15-13(18)5-7-17-6-3-2-4-11(17)9-14/h8,11H,2-7,9,14H2,1H3,(H,15,16,18). The van der Waals surface area contributed by atoms with Crippen LogP contribution in [0.1, 0.15) is 31.4 Å². The summed E-state index contributed by atoms with van der Waals surface area (Å²) < 4.78 is 4.90. The van der Waals surface area contributed by atoms with E-state index in [0.29, 0.717) is 30.6 Å². The van der Waals surface area contributed by atoms with Crippen LogP contribution in [0.2, 0.25) is 0 Å². The zero-order valence-electron chi connectivity index (χ0n) is 11.4. The first-order valence-electron chi connectivity index (χ1n) is 6.86. The molecule has 0 aromatic carbocycles. The van der Waals surface area contributed by atoms with Gasteiger partial charge in [0.2, 0.25) is 5.91 Å². The number of aryl methyl sites for hydroxylation is 1. The summed E-state index contributed by atoms with van der Waals surface area (Å²) in [5, 5.41) is 6.47. The summed E-state index contributed by atoms with van der Waals surface area (Å²) in [5.74, 6) is 1.14. The van der Waals surface area contributed by atoms with Crippen molar-refractivity contribution in [2.75, 3.05) is 25.0 Å². The minimum absolute atomic E-state index is 0.0327. The number of rotatable bonds is 5. The molecule has 6 heteroatoms. The second-order valence-electron chi connectivity index (χ2n) is 5.04. The van der Waals surface area contributed by atoms with Gasteiger partial charge in [0.15, 0.2) is 5.82 Å². The SMILES string of the molecule is Cc1cc(NC(=O)CCN2CCCCC2CN)no1. The lowest BCUT2D eigenvalue weighted by Crippen LogP contribution is -2.45. The fourth-order valence-electron chi connectivity index (χ4n) is 2.50. The zero-order valence-corrected chi connectivity index (χ0v) is 11.4. The molecule has 1 amide bonds. The highest BCUT2D eigenvalue weighted by atomic mass is 16.5. The lowest BCUT2D eigenvalue weighted by molar-refractivity contribution is -0.116. The first kappa shape index (κ1) is 14.0. The summed E-state index contributed by atoms with van der Waals surface area (Å²) >= 11 is 0. The van der Waals surface area contributed by atoms with Crippen molar-refractivity contribution in [3.05, 3.63) is 11.8 Å². The van der Waals surface area contributed by atoms with Gasteiger partial charge in [-0.05, 0) is 26.3 Å². The van der Waals surface area contributed by atoms with Crippen LogP contribution < -0.4 is 11.1 Å². The van der Waals surface area contributed by atoms with Crippen LogP contribution in [0.15, 0.2) is 10.6 Å². The molecule has 2 rings (SSSR count).